The van der Waals surface area contributed by atoms with Gasteiger partial charge in [0.2, 0.25) is 0 Å². The van der Waals surface area contributed by atoms with E-state index in [0.717, 1.165) is 18.6 Å². The fourth-order valence-electron chi connectivity index (χ4n) is 3.46. The van der Waals surface area contributed by atoms with Crippen molar-refractivity contribution in [3.63, 3.8) is 0 Å². The maximum Gasteiger partial charge on any atom is 0.304 e. The van der Waals surface area contributed by atoms with Crippen LogP contribution in [0.3, 0.4) is 0 Å². The zero-order valence-corrected chi connectivity index (χ0v) is 12.5. The van der Waals surface area contributed by atoms with Gasteiger partial charge in [-0.15, -0.1) is 0 Å². The zero-order valence-electron chi connectivity index (χ0n) is 12.5. The number of benzene rings is 1. The van der Waals surface area contributed by atoms with Crippen molar-refractivity contribution in [1.82, 2.24) is 4.90 Å². The van der Waals surface area contributed by atoms with Crippen molar-refractivity contribution < 1.29 is 14.6 Å². The van der Waals surface area contributed by atoms with Crippen molar-refractivity contribution in [2.24, 2.45) is 0 Å². The van der Waals surface area contributed by atoms with Crippen LogP contribution < -0.4 is 4.74 Å². The fraction of sp³-hybridized carbons (Fsp3) is 0.588. The number of fused-ring (bicyclic) bond motifs is 1. The van der Waals surface area contributed by atoms with Crippen LogP contribution in [-0.4, -0.2) is 35.7 Å². The first-order valence-corrected chi connectivity index (χ1v) is 7.83. The number of aliphatic carboxylic acids is 1. The SMILES string of the molecule is COc1ccc2c(c1)CCCC2N(CCC(=O)O)C1CC1. The standard InChI is InChI=1S/C17H23NO3/c1-21-14-7-8-15-12(11-14)3-2-4-16(15)18(13-5-6-13)10-9-17(19)20/h7-8,11,13,16H,2-6,9-10H2,1H3,(H,19,20). The second-order valence-corrected chi connectivity index (χ2v) is 6.09. The Morgan fingerprint density at radius 1 is 1.38 bits per heavy atom. The van der Waals surface area contributed by atoms with E-state index in [2.05, 4.69) is 17.0 Å². The molecule has 1 aromatic carbocycles. The van der Waals surface area contributed by atoms with Gasteiger partial charge >= 0.3 is 5.97 Å². The van der Waals surface area contributed by atoms with Gasteiger partial charge in [-0.05, 0) is 55.4 Å². The van der Waals surface area contributed by atoms with E-state index in [1.54, 1.807) is 7.11 Å². The summed E-state index contributed by atoms with van der Waals surface area (Å²) in [5, 5.41) is 8.98. The molecule has 0 saturated heterocycles. The Balaban J connectivity index is 1.83. The molecular formula is C17H23NO3. The summed E-state index contributed by atoms with van der Waals surface area (Å²) in [6.07, 6.45) is 6.05. The molecule has 0 radical (unpaired) electrons. The molecule has 0 amide bonds. The highest BCUT2D eigenvalue weighted by Gasteiger charge is 2.36. The van der Waals surface area contributed by atoms with Crippen LogP contribution in [0.4, 0.5) is 0 Å². The number of carboxylic acids is 1. The number of carbonyl (C=O) groups is 1. The van der Waals surface area contributed by atoms with E-state index in [1.807, 2.05) is 6.07 Å². The number of hydrogen-bond donors (Lipinski definition) is 1. The van der Waals surface area contributed by atoms with Crippen molar-refractivity contribution in [2.75, 3.05) is 13.7 Å². The topological polar surface area (TPSA) is 49.8 Å². The first kappa shape index (κ1) is 14.4. The quantitative estimate of drug-likeness (QED) is 0.874. The van der Waals surface area contributed by atoms with Crippen LogP contribution in [0.25, 0.3) is 0 Å². The molecule has 0 spiro atoms. The predicted molar refractivity (Wildman–Crippen MR) is 80.7 cm³/mol. The van der Waals surface area contributed by atoms with Crippen LogP contribution in [0.5, 0.6) is 5.75 Å². The van der Waals surface area contributed by atoms with Gasteiger partial charge in [-0.1, -0.05) is 6.07 Å². The molecule has 2 aliphatic carbocycles. The largest absolute Gasteiger partial charge is 0.497 e. The molecular weight excluding hydrogens is 266 g/mol. The molecule has 0 aromatic heterocycles. The molecule has 1 unspecified atom stereocenters. The van der Waals surface area contributed by atoms with E-state index >= 15 is 0 Å². The number of hydrogen-bond acceptors (Lipinski definition) is 3. The summed E-state index contributed by atoms with van der Waals surface area (Å²) in [6, 6.07) is 7.31. The minimum absolute atomic E-state index is 0.235. The van der Waals surface area contributed by atoms with Crippen molar-refractivity contribution in [1.29, 1.82) is 0 Å². The normalized spacial score (nSPS) is 21.1. The molecule has 21 heavy (non-hydrogen) atoms. The van der Waals surface area contributed by atoms with E-state index in [4.69, 9.17) is 9.84 Å². The zero-order chi connectivity index (χ0) is 14.8. The summed E-state index contributed by atoms with van der Waals surface area (Å²) < 4.78 is 5.32. The molecule has 0 heterocycles. The van der Waals surface area contributed by atoms with E-state index in [0.29, 0.717) is 18.6 Å². The van der Waals surface area contributed by atoms with Crippen LogP contribution in [-0.2, 0) is 11.2 Å². The minimum Gasteiger partial charge on any atom is -0.497 e. The van der Waals surface area contributed by atoms with Gasteiger partial charge in [0.25, 0.3) is 0 Å². The molecule has 0 aliphatic heterocycles. The second kappa shape index (κ2) is 6.06. The number of aryl methyl sites for hydroxylation is 1. The summed E-state index contributed by atoms with van der Waals surface area (Å²) in [6.45, 7) is 0.663. The van der Waals surface area contributed by atoms with Gasteiger partial charge in [-0.2, -0.15) is 0 Å². The molecule has 114 valence electrons. The summed E-state index contributed by atoms with van der Waals surface area (Å²) in [5.74, 6) is 0.212. The molecule has 1 fully saturated rings. The summed E-state index contributed by atoms with van der Waals surface area (Å²) in [5.41, 5.74) is 2.74. The van der Waals surface area contributed by atoms with E-state index < -0.39 is 5.97 Å². The minimum atomic E-state index is -0.702. The number of nitrogens with zero attached hydrogens (tertiary/aromatic N) is 1. The molecule has 4 heteroatoms. The van der Waals surface area contributed by atoms with Crippen molar-refractivity contribution in [3.8, 4) is 5.75 Å². The van der Waals surface area contributed by atoms with E-state index in [9.17, 15) is 4.79 Å². The lowest BCUT2D eigenvalue weighted by Crippen LogP contribution is -2.35. The second-order valence-electron chi connectivity index (χ2n) is 6.09. The molecule has 1 saturated carbocycles. The van der Waals surface area contributed by atoms with Gasteiger partial charge in [-0.3, -0.25) is 9.69 Å². The number of rotatable bonds is 6. The third-order valence-electron chi connectivity index (χ3n) is 4.63. The monoisotopic (exact) mass is 289 g/mol. The van der Waals surface area contributed by atoms with Crippen LogP contribution in [0.2, 0.25) is 0 Å². The molecule has 2 aliphatic rings. The smallest absolute Gasteiger partial charge is 0.304 e. The highest BCUT2D eigenvalue weighted by molar-refractivity contribution is 5.66. The summed E-state index contributed by atoms with van der Waals surface area (Å²) in [4.78, 5) is 13.3. The Hall–Kier alpha value is -1.55. The maximum absolute atomic E-state index is 10.9. The average molecular weight is 289 g/mol. The van der Waals surface area contributed by atoms with Crippen LogP contribution >= 0.6 is 0 Å². The maximum atomic E-state index is 10.9. The highest BCUT2D eigenvalue weighted by atomic mass is 16.5. The van der Waals surface area contributed by atoms with Crippen molar-refractivity contribution in [2.45, 2.75) is 50.6 Å². The third-order valence-corrected chi connectivity index (χ3v) is 4.63. The van der Waals surface area contributed by atoms with Gasteiger partial charge in [0.1, 0.15) is 5.75 Å². The lowest BCUT2D eigenvalue weighted by molar-refractivity contribution is -0.137. The fourth-order valence-corrected chi connectivity index (χ4v) is 3.46. The molecule has 0 bridgehead atoms. The van der Waals surface area contributed by atoms with E-state index in [-0.39, 0.29) is 6.42 Å². The van der Waals surface area contributed by atoms with E-state index in [1.165, 1.54) is 30.4 Å². The van der Waals surface area contributed by atoms with Crippen molar-refractivity contribution >= 4 is 5.97 Å². The van der Waals surface area contributed by atoms with Crippen LogP contribution in [0.15, 0.2) is 18.2 Å². The van der Waals surface area contributed by atoms with Crippen LogP contribution in [0.1, 0.15) is 49.3 Å². The Labute approximate surface area is 125 Å². The summed E-state index contributed by atoms with van der Waals surface area (Å²) in [7, 11) is 1.70. The lowest BCUT2D eigenvalue weighted by Gasteiger charge is -2.36. The van der Waals surface area contributed by atoms with Gasteiger partial charge in [-0.25, -0.2) is 0 Å². The Bertz CT molecular complexity index is 525. The average Bonchev–Trinajstić information content (AvgIpc) is 3.31. The molecule has 1 N–H and O–H groups in total. The summed E-state index contributed by atoms with van der Waals surface area (Å²) >= 11 is 0. The molecule has 4 nitrogen and oxygen atoms in total. The number of methoxy groups -OCH3 is 1. The third kappa shape index (κ3) is 3.21. The molecule has 1 atom stereocenters. The first-order chi connectivity index (χ1) is 10.2. The van der Waals surface area contributed by atoms with Gasteiger partial charge < -0.3 is 9.84 Å². The van der Waals surface area contributed by atoms with Gasteiger partial charge in [0.05, 0.1) is 13.5 Å². The van der Waals surface area contributed by atoms with Gasteiger partial charge in [0.15, 0.2) is 0 Å². The Morgan fingerprint density at radius 3 is 2.86 bits per heavy atom. The number of carboxylic acid groups (broad SMARTS) is 1. The number of ether oxygens (including phenoxy) is 1. The Morgan fingerprint density at radius 2 is 2.19 bits per heavy atom. The van der Waals surface area contributed by atoms with Gasteiger partial charge in [0, 0.05) is 18.6 Å². The highest BCUT2D eigenvalue weighted by Crippen LogP contribution is 2.41. The van der Waals surface area contributed by atoms with Crippen LogP contribution in [0, 0.1) is 0 Å². The lowest BCUT2D eigenvalue weighted by atomic mass is 9.86. The molecule has 1 aromatic rings. The Kier molecular flexibility index (Phi) is 4.15. The molecule has 3 rings (SSSR count). The predicted octanol–water partition coefficient (Wildman–Crippen LogP) is 3.01. The van der Waals surface area contributed by atoms with Crippen molar-refractivity contribution in [3.05, 3.63) is 29.3 Å². The first-order valence-electron chi connectivity index (χ1n) is 7.83.